The van der Waals surface area contributed by atoms with Gasteiger partial charge in [0.15, 0.2) is 5.82 Å². The van der Waals surface area contributed by atoms with Gasteiger partial charge in [-0.05, 0) is 56.6 Å². The summed E-state index contributed by atoms with van der Waals surface area (Å²) < 4.78 is 35.4. The number of morpholine rings is 1. The van der Waals surface area contributed by atoms with Crippen LogP contribution in [0.5, 0.6) is 0 Å². The Kier molecular flexibility index (Phi) is 6.47. The van der Waals surface area contributed by atoms with E-state index < -0.39 is 6.43 Å². The maximum Gasteiger partial charge on any atom is 0.296 e. The van der Waals surface area contributed by atoms with Gasteiger partial charge < -0.3 is 20.3 Å². The van der Waals surface area contributed by atoms with Crippen molar-refractivity contribution in [3.05, 3.63) is 36.2 Å². The number of benzene rings is 1. The van der Waals surface area contributed by atoms with Crippen LogP contribution in [-0.4, -0.2) is 64.5 Å². The van der Waals surface area contributed by atoms with Crippen molar-refractivity contribution in [2.45, 2.75) is 57.0 Å². The van der Waals surface area contributed by atoms with E-state index in [-0.39, 0.29) is 11.9 Å². The van der Waals surface area contributed by atoms with Crippen LogP contribution in [0.15, 0.2) is 30.3 Å². The molecular formula is C26H33F2N7O. The molecule has 0 amide bonds. The molecule has 1 aliphatic heterocycles. The molecule has 2 saturated carbocycles. The summed E-state index contributed by atoms with van der Waals surface area (Å²) in [5, 5.41) is 0. The third kappa shape index (κ3) is 4.76. The van der Waals surface area contributed by atoms with Crippen LogP contribution in [0.2, 0.25) is 0 Å². The number of para-hydroxylation sites is 2. The molecule has 0 radical (unpaired) electrons. The van der Waals surface area contributed by atoms with Crippen molar-refractivity contribution in [1.82, 2.24) is 19.5 Å². The first kappa shape index (κ1) is 23.5. The second kappa shape index (κ2) is 9.89. The molecular weight excluding hydrogens is 464 g/mol. The van der Waals surface area contributed by atoms with E-state index in [0.717, 1.165) is 38.0 Å². The van der Waals surface area contributed by atoms with Crippen molar-refractivity contribution in [2.24, 2.45) is 11.7 Å². The van der Waals surface area contributed by atoms with Crippen LogP contribution in [0.3, 0.4) is 0 Å². The summed E-state index contributed by atoms with van der Waals surface area (Å²) >= 11 is 0. The number of imidazole rings is 1. The van der Waals surface area contributed by atoms with Gasteiger partial charge in [-0.3, -0.25) is 4.57 Å². The molecule has 1 aromatic carbocycles. The van der Waals surface area contributed by atoms with Crippen LogP contribution in [0, 0.1) is 5.92 Å². The third-order valence-corrected chi connectivity index (χ3v) is 7.62. The standard InChI is InChI=1S/C26H33F2N7O/c27-24(28)25-30-20-3-1-2-4-21(20)35(25)23-15-22(31-26(32-23)33-11-13-36-14-12-33)34(16-17-5-6-17)19-9-7-18(29)8-10-19/h1-4,15,17-19,24H,5-14,16,29H2/t18-,19-. The number of aromatic nitrogens is 4. The summed E-state index contributed by atoms with van der Waals surface area (Å²) in [4.78, 5) is 18.6. The average Bonchev–Trinajstić information content (AvgIpc) is 3.64. The van der Waals surface area contributed by atoms with E-state index in [0.29, 0.717) is 61.1 Å². The number of halogens is 2. The molecule has 0 unspecified atom stereocenters. The van der Waals surface area contributed by atoms with Gasteiger partial charge in [0.25, 0.3) is 6.43 Å². The first-order valence-electron chi connectivity index (χ1n) is 13.1. The third-order valence-electron chi connectivity index (χ3n) is 7.62. The molecule has 192 valence electrons. The maximum atomic E-state index is 14.2. The summed E-state index contributed by atoms with van der Waals surface area (Å²) in [5.41, 5.74) is 7.35. The van der Waals surface area contributed by atoms with Crippen LogP contribution in [0.1, 0.15) is 50.8 Å². The Hall–Kier alpha value is -2.85. The van der Waals surface area contributed by atoms with Gasteiger partial charge in [0.05, 0.1) is 24.2 Å². The zero-order chi connectivity index (χ0) is 24.6. The zero-order valence-corrected chi connectivity index (χ0v) is 20.4. The Labute approximate surface area is 209 Å². The number of ether oxygens (including phenoxy) is 1. The van der Waals surface area contributed by atoms with Gasteiger partial charge in [-0.25, -0.2) is 13.8 Å². The number of nitrogens with two attached hydrogens (primary N) is 1. The highest BCUT2D eigenvalue weighted by Crippen LogP contribution is 2.36. The number of anilines is 2. The molecule has 1 saturated heterocycles. The van der Waals surface area contributed by atoms with Crippen LogP contribution in [-0.2, 0) is 4.74 Å². The summed E-state index contributed by atoms with van der Waals surface area (Å²) in [7, 11) is 0. The van der Waals surface area contributed by atoms with Crippen LogP contribution >= 0.6 is 0 Å². The highest BCUT2D eigenvalue weighted by atomic mass is 19.3. The second-order valence-electron chi connectivity index (χ2n) is 10.2. The molecule has 2 aromatic heterocycles. The number of fused-ring (bicyclic) bond motifs is 1. The van der Waals surface area contributed by atoms with Crippen molar-refractivity contribution in [3.63, 3.8) is 0 Å². The first-order valence-corrected chi connectivity index (χ1v) is 13.1. The van der Waals surface area contributed by atoms with E-state index in [9.17, 15) is 8.78 Å². The summed E-state index contributed by atoms with van der Waals surface area (Å²) in [5.74, 6) is 2.13. The molecule has 8 nitrogen and oxygen atoms in total. The Balaban J connectivity index is 1.48. The smallest absolute Gasteiger partial charge is 0.296 e. The molecule has 6 rings (SSSR count). The molecule has 0 bridgehead atoms. The van der Waals surface area contributed by atoms with Gasteiger partial charge in [0.2, 0.25) is 5.95 Å². The Morgan fingerprint density at radius 2 is 1.75 bits per heavy atom. The predicted molar refractivity (Wildman–Crippen MR) is 135 cm³/mol. The Morgan fingerprint density at radius 3 is 2.47 bits per heavy atom. The molecule has 10 heteroatoms. The van der Waals surface area contributed by atoms with E-state index >= 15 is 0 Å². The minimum Gasteiger partial charge on any atom is -0.378 e. The first-order chi connectivity index (χ1) is 17.6. The predicted octanol–water partition coefficient (Wildman–Crippen LogP) is 4.08. The van der Waals surface area contributed by atoms with Crippen LogP contribution in [0.4, 0.5) is 20.5 Å². The molecule has 2 N–H and O–H groups in total. The molecule has 0 spiro atoms. The van der Waals surface area contributed by atoms with Crippen LogP contribution < -0.4 is 15.5 Å². The van der Waals surface area contributed by atoms with E-state index in [1.165, 1.54) is 17.4 Å². The van der Waals surface area contributed by atoms with E-state index in [1.807, 2.05) is 24.3 Å². The summed E-state index contributed by atoms with van der Waals surface area (Å²) in [6.07, 6.45) is 3.71. The normalized spacial score (nSPS) is 22.9. The summed E-state index contributed by atoms with van der Waals surface area (Å²) in [6, 6.07) is 9.68. The summed E-state index contributed by atoms with van der Waals surface area (Å²) in [6.45, 7) is 3.43. The Bertz CT molecular complexity index is 1200. The van der Waals surface area contributed by atoms with Gasteiger partial charge in [-0.1, -0.05) is 12.1 Å². The van der Waals surface area contributed by atoms with Crippen molar-refractivity contribution in [2.75, 3.05) is 42.6 Å². The van der Waals surface area contributed by atoms with Gasteiger partial charge >= 0.3 is 0 Å². The fourth-order valence-corrected chi connectivity index (χ4v) is 5.43. The van der Waals surface area contributed by atoms with Crippen molar-refractivity contribution >= 4 is 22.8 Å². The maximum absolute atomic E-state index is 14.2. The highest BCUT2D eigenvalue weighted by molar-refractivity contribution is 5.78. The molecule has 3 fully saturated rings. The molecule has 3 aromatic rings. The average molecular weight is 498 g/mol. The lowest BCUT2D eigenvalue weighted by Crippen LogP contribution is -2.43. The quantitative estimate of drug-likeness (QED) is 0.527. The minimum absolute atomic E-state index is 0.250. The van der Waals surface area contributed by atoms with Crippen molar-refractivity contribution in [1.29, 1.82) is 0 Å². The molecule has 3 aliphatic rings. The van der Waals surface area contributed by atoms with Crippen molar-refractivity contribution < 1.29 is 13.5 Å². The monoisotopic (exact) mass is 497 g/mol. The molecule has 2 aliphatic carbocycles. The minimum atomic E-state index is -2.73. The van der Waals surface area contributed by atoms with E-state index in [2.05, 4.69) is 14.8 Å². The largest absolute Gasteiger partial charge is 0.378 e. The lowest BCUT2D eigenvalue weighted by Gasteiger charge is -2.38. The lowest BCUT2D eigenvalue weighted by molar-refractivity contribution is 0.122. The second-order valence-corrected chi connectivity index (χ2v) is 10.2. The fourth-order valence-electron chi connectivity index (χ4n) is 5.43. The number of hydrogen-bond donors (Lipinski definition) is 1. The fraction of sp³-hybridized carbons (Fsp3) is 0.577. The number of nitrogens with zero attached hydrogens (tertiary/aromatic N) is 6. The molecule has 3 heterocycles. The van der Waals surface area contributed by atoms with Gasteiger partial charge in [0, 0.05) is 37.8 Å². The van der Waals surface area contributed by atoms with Gasteiger partial charge in [-0.15, -0.1) is 0 Å². The number of rotatable bonds is 7. The van der Waals surface area contributed by atoms with E-state index in [4.69, 9.17) is 20.4 Å². The zero-order valence-electron chi connectivity index (χ0n) is 20.4. The van der Waals surface area contributed by atoms with Crippen LogP contribution in [0.25, 0.3) is 16.9 Å². The lowest BCUT2D eigenvalue weighted by atomic mass is 9.90. The number of hydrogen-bond acceptors (Lipinski definition) is 7. The highest BCUT2D eigenvalue weighted by Gasteiger charge is 2.32. The number of alkyl halides is 2. The topological polar surface area (TPSA) is 85.3 Å². The molecule has 36 heavy (non-hydrogen) atoms. The van der Waals surface area contributed by atoms with Crippen molar-refractivity contribution in [3.8, 4) is 5.82 Å². The SMILES string of the molecule is N[C@H]1CC[C@H](N(CC2CC2)c2cc(-n3c(C(F)F)nc4ccccc43)nc(N3CCOCC3)n2)CC1. The Morgan fingerprint density at radius 1 is 1.00 bits per heavy atom. The van der Waals surface area contributed by atoms with Gasteiger partial charge in [-0.2, -0.15) is 9.97 Å². The van der Waals surface area contributed by atoms with E-state index in [1.54, 1.807) is 6.07 Å². The molecule has 0 atom stereocenters. The van der Waals surface area contributed by atoms with Gasteiger partial charge in [0.1, 0.15) is 11.6 Å².